The van der Waals surface area contributed by atoms with Crippen molar-refractivity contribution in [3.63, 3.8) is 0 Å². The Hall–Kier alpha value is -1.71. The first kappa shape index (κ1) is 15.7. The van der Waals surface area contributed by atoms with Gasteiger partial charge in [0.15, 0.2) is 0 Å². The van der Waals surface area contributed by atoms with Crippen molar-refractivity contribution in [1.29, 1.82) is 0 Å². The summed E-state index contributed by atoms with van der Waals surface area (Å²) in [6.45, 7) is 4.03. The highest BCUT2D eigenvalue weighted by Crippen LogP contribution is 2.30. The predicted octanol–water partition coefficient (Wildman–Crippen LogP) is 4.29. The number of benzene rings is 2. The zero-order valence-corrected chi connectivity index (χ0v) is 13.1. The number of hydrogen-bond acceptors (Lipinski definition) is 3. The molecule has 0 saturated heterocycles. The van der Waals surface area contributed by atoms with Gasteiger partial charge in [-0.25, -0.2) is 0 Å². The van der Waals surface area contributed by atoms with E-state index in [0.29, 0.717) is 23.1 Å². The number of aryl methyl sites for hydroxylation is 1. The van der Waals surface area contributed by atoms with Crippen molar-refractivity contribution in [3.05, 3.63) is 58.1 Å². The van der Waals surface area contributed by atoms with Gasteiger partial charge >= 0.3 is 0 Å². The van der Waals surface area contributed by atoms with Crippen LogP contribution in [-0.4, -0.2) is 12.2 Å². The standard InChI is InChI=1S/C17H19ClO3/c1-11-4-5-13(16(18)8-11)10-21-17-9-14(20-3)6-7-15(17)12(2)19/h4-9,12,19H,10H2,1-3H3/t12-/m1/s1. The number of halogens is 1. The van der Waals surface area contributed by atoms with Crippen LogP contribution in [0.3, 0.4) is 0 Å². The molecule has 1 N–H and O–H groups in total. The lowest BCUT2D eigenvalue weighted by molar-refractivity contribution is 0.190. The van der Waals surface area contributed by atoms with Crippen molar-refractivity contribution in [2.75, 3.05) is 7.11 Å². The Labute approximate surface area is 130 Å². The summed E-state index contributed by atoms with van der Waals surface area (Å²) in [4.78, 5) is 0. The maximum Gasteiger partial charge on any atom is 0.129 e. The summed E-state index contributed by atoms with van der Waals surface area (Å²) in [7, 11) is 1.60. The van der Waals surface area contributed by atoms with Crippen molar-refractivity contribution >= 4 is 11.6 Å². The maximum atomic E-state index is 9.81. The van der Waals surface area contributed by atoms with Crippen LogP contribution in [0.2, 0.25) is 5.02 Å². The van der Waals surface area contributed by atoms with Crippen molar-refractivity contribution in [2.24, 2.45) is 0 Å². The summed E-state index contributed by atoms with van der Waals surface area (Å²) >= 11 is 6.20. The minimum atomic E-state index is -0.612. The molecule has 2 aromatic rings. The summed E-state index contributed by atoms with van der Waals surface area (Å²) in [5.41, 5.74) is 2.73. The number of ether oxygens (including phenoxy) is 2. The normalized spacial score (nSPS) is 12.0. The molecule has 0 bridgehead atoms. The fourth-order valence-corrected chi connectivity index (χ4v) is 2.33. The first-order valence-electron chi connectivity index (χ1n) is 6.75. The second-order valence-corrected chi connectivity index (χ2v) is 5.37. The molecule has 2 rings (SSSR count). The molecule has 0 aliphatic carbocycles. The first-order chi connectivity index (χ1) is 10.0. The quantitative estimate of drug-likeness (QED) is 0.895. The van der Waals surface area contributed by atoms with Gasteiger partial charge in [0.1, 0.15) is 18.1 Å². The minimum Gasteiger partial charge on any atom is -0.497 e. The predicted molar refractivity (Wildman–Crippen MR) is 84.1 cm³/mol. The number of methoxy groups -OCH3 is 1. The van der Waals surface area contributed by atoms with Crippen LogP contribution in [0.1, 0.15) is 29.7 Å². The fourth-order valence-electron chi connectivity index (χ4n) is 2.04. The van der Waals surface area contributed by atoms with Gasteiger partial charge in [0.05, 0.1) is 13.2 Å². The topological polar surface area (TPSA) is 38.7 Å². The van der Waals surface area contributed by atoms with Crippen LogP contribution >= 0.6 is 11.6 Å². The highest BCUT2D eigenvalue weighted by molar-refractivity contribution is 6.31. The molecule has 2 aromatic carbocycles. The minimum absolute atomic E-state index is 0.339. The largest absolute Gasteiger partial charge is 0.497 e. The Morgan fingerprint density at radius 2 is 1.95 bits per heavy atom. The van der Waals surface area contributed by atoms with Crippen LogP contribution in [0.25, 0.3) is 0 Å². The molecule has 21 heavy (non-hydrogen) atoms. The number of hydrogen-bond donors (Lipinski definition) is 1. The molecule has 0 unspecified atom stereocenters. The van der Waals surface area contributed by atoms with Crippen LogP contribution in [-0.2, 0) is 6.61 Å². The van der Waals surface area contributed by atoms with E-state index in [2.05, 4.69) is 0 Å². The summed E-state index contributed by atoms with van der Waals surface area (Å²) in [6.07, 6.45) is -0.612. The number of rotatable bonds is 5. The second kappa shape index (κ2) is 6.83. The molecular formula is C17H19ClO3. The van der Waals surface area contributed by atoms with E-state index in [1.54, 1.807) is 32.2 Å². The average Bonchev–Trinajstić information content (AvgIpc) is 2.45. The molecule has 0 heterocycles. The second-order valence-electron chi connectivity index (χ2n) is 4.96. The summed E-state index contributed by atoms with van der Waals surface area (Å²) in [6, 6.07) is 11.2. The molecule has 0 fully saturated rings. The fraction of sp³-hybridized carbons (Fsp3) is 0.294. The third kappa shape index (κ3) is 3.90. The number of aliphatic hydroxyl groups excluding tert-OH is 1. The molecule has 0 spiro atoms. The monoisotopic (exact) mass is 306 g/mol. The van der Waals surface area contributed by atoms with Gasteiger partial charge in [-0.3, -0.25) is 0 Å². The van der Waals surface area contributed by atoms with Crippen molar-refractivity contribution in [1.82, 2.24) is 0 Å². The van der Waals surface area contributed by atoms with Gasteiger partial charge in [-0.2, -0.15) is 0 Å². The van der Waals surface area contributed by atoms with E-state index >= 15 is 0 Å². The van der Waals surface area contributed by atoms with E-state index in [4.69, 9.17) is 21.1 Å². The van der Waals surface area contributed by atoms with Crippen LogP contribution < -0.4 is 9.47 Å². The summed E-state index contributed by atoms with van der Waals surface area (Å²) in [5.74, 6) is 1.28. The third-order valence-corrected chi connectivity index (χ3v) is 3.61. The Bertz CT molecular complexity index is 623. The maximum absolute atomic E-state index is 9.81. The Balaban J connectivity index is 2.22. The number of aliphatic hydroxyl groups is 1. The van der Waals surface area contributed by atoms with E-state index in [9.17, 15) is 5.11 Å². The zero-order valence-electron chi connectivity index (χ0n) is 12.4. The average molecular weight is 307 g/mol. The van der Waals surface area contributed by atoms with Gasteiger partial charge in [-0.1, -0.05) is 23.7 Å². The lowest BCUT2D eigenvalue weighted by Gasteiger charge is -2.15. The van der Waals surface area contributed by atoms with Crippen molar-refractivity contribution in [3.8, 4) is 11.5 Å². The summed E-state index contributed by atoms with van der Waals surface area (Å²) < 4.78 is 11.0. The SMILES string of the molecule is COc1ccc([C@@H](C)O)c(OCc2ccc(C)cc2Cl)c1. The van der Waals surface area contributed by atoms with Gasteiger partial charge < -0.3 is 14.6 Å². The Kier molecular flexibility index (Phi) is 5.10. The Morgan fingerprint density at radius 1 is 1.19 bits per heavy atom. The smallest absolute Gasteiger partial charge is 0.129 e. The molecule has 0 saturated carbocycles. The van der Waals surface area contributed by atoms with Crippen LogP contribution in [0.4, 0.5) is 0 Å². The van der Waals surface area contributed by atoms with E-state index in [1.165, 1.54) is 0 Å². The van der Waals surface area contributed by atoms with Crippen LogP contribution in [0, 0.1) is 6.92 Å². The molecule has 0 aromatic heterocycles. The molecule has 0 radical (unpaired) electrons. The zero-order chi connectivity index (χ0) is 15.4. The van der Waals surface area contributed by atoms with E-state index in [1.807, 2.05) is 25.1 Å². The van der Waals surface area contributed by atoms with Crippen LogP contribution in [0.5, 0.6) is 11.5 Å². The Morgan fingerprint density at radius 3 is 2.57 bits per heavy atom. The molecule has 112 valence electrons. The third-order valence-electron chi connectivity index (χ3n) is 3.26. The molecule has 0 amide bonds. The lowest BCUT2D eigenvalue weighted by Crippen LogP contribution is -2.02. The van der Waals surface area contributed by atoms with Gasteiger partial charge in [-0.05, 0) is 37.6 Å². The highest BCUT2D eigenvalue weighted by atomic mass is 35.5. The van der Waals surface area contributed by atoms with Crippen molar-refractivity contribution in [2.45, 2.75) is 26.6 Å². The molecule has 3 nitrogen and oxygen atoms in total. The van der Waals surface area contributed by atoms with Gasteiger partial charge in [-0.15, -0.1) is 0 Å². The molecular weight excluding hydrogens is 288 g/mol. The van der Waals surface area contributed by atoms with E-state index < -0.39 is 6.10 Å². The van der Waals surface area contributed by atoms with Gasteiger partial charge in [0, 0.05) is 22.2 Å². The molecule has 4 heteroatoms. The molecule has 0 aliphatic rings. The lowest BCUT2D eigenvalue weighted by atomic mass is 10.1. The summed E-state index contributed by atoms with van der Waals surface area (Å²) in [5, 5.41) is 10.5. The molecule has 0 aliphatic heterocycles. The van der Waals surface area contributed by atoms with E-state index in [0.717, 1.165) is 16.7 Å². The highest BCUT2D eigenvalue weighted by Gasteiger charge is 2.11. The van der Waals surface area contributed by atoms with Gasteiger partial charge in [0.25, 0.3) is 0 Å². The van der Waals surface area contributed by atoms with Crippen molar-refractivity contribution < 1.29 is 14.6 Å². The first-order valence-corrected chi connectivity index (χ1v) is 7.13. The molecule has 1 atom stereocenters. The van der Waals surface area contributed by atoms with E-state index in [-0.39, 0.29) is 0 Å². The van der Waals surface area contributed by atoms with Crippen LogP contribution in [0.15, 0.2) is 36.4 Å². The van der Waals surface area contributed by atoms with Gasteiger partial charge in [0.2, 0.25) is 0 Å².